The quantitative estimate of drug-likeness (QED) is 0.643. The van der Waals surface area contributed by atoms with Gasteiger partial charge in [0.05, 0.1) is 23.7 Å². The maximum Gasteiger partial charge on any atom is 0.325 e. The standard InChI is InChI=1S/C19H16F2N2O3S/c1-11-3-5-12(6-4-11)7-16(24)22-19-23(10-17(25)26-2)18-14(21)8-13(20)9-15(18)27-19/h3-6,8-9H,7,10H2,1-2H3. The van der Waals surface area contributed by atoms with Gasteiger partial charge in [-0.25, -0.2) is 8.78 Å². The number of halogens is 2. The molecule has 0 saturated carbocycles. The van der Waals surface area contributed by atoms with Gasteiger partial charge in [0.25, 0.3) is 5.91 Å². The molecule has 140 valence electrons. The summed E-state index contributed by atoms with van der Waals surface area (Å²) in [6.07, 6.45) is 0.0591. The van der Waals surface area contributed by atoms with Crippen LogP contribution < -0.4 is 4.80 Å². The maximum absolute atomic E-state index is 14.3. The highest BCUT2D eigenvalue weighted by Gasteiger charge is 2.16. The number of aryl methyl sites for hydroxylation is 1. The van der Waals surface area contributed by atoms with Gasteiger partial charge in [0.1, 0.15) is 12.4 Å². The number of rotatable bonds is 4. The van der Waals surface area contributed by atoms with Crippen LogP contribution >= 0.6 is 11.3 Å². The lowest BCUT2D eigenvalue weighted by molar-refractivity contribution is -0.141. The molecule has 5 nitrogen and oxygen atoms in total. The molecular formula is C19H16F2N2O3S. The highest BCUT2D eigenvalue weighted by atomic mass is 32.1. The van der Waals surface area contributed by atoms with Gasteiger partial charge in [0.15, 0.2) is 10.6 Å². The van der Waals surface area contributed by atoms with Gasteiger partial charge in [-0.3, -0.25) is 9.59 Å². The fourth-order valence-corrected chi connectivity index (χ4v) is 3.67. The molecule has 0 aliphatic rings. The van der Waals surface area contributed by atoms with Crippen molar-refractivity contribution in [2.75, 3.05) is 7.11 Å². The molecule has 0 fully saturated rings. The van der Waals surface area contributed by atoms with E-state index in [1.54, 1.807) is 0 Å². The van der Waals surface area contributed by atoms with Crippen molar-refractivity contribution in [3.05, 3.63) is 64.0 Å². The number of hydrogen-bond acceptors (Lipinski definition) is 4. The first-order valence-corrected chi connectivity index (χ1v) is 8.87. The zero-order valence-corrected chi connectivity index (χ0v) is 15.5. The molecule has 1 aromatic heterocycles. The SMILES string of the molecule is COC(=O)Cn1c(=NC(=O)Cc2ccc(C)cc2)sc2cc(F)cc(F)c21. The van der Waals surface area contributed by atoms with E-state index >= 15 is 0 Å². The molecule has 0 spiro atoms. The Morgan fingerprint density at radius 3 is 2.56 bits per heavy atom. The smallest absolute Gasteiger partial charge is 0.325 e. The van der Waals surface area contributed by atoms with E-state index in [1.165, 1.54) is 11.7 Å². The first-order chi connectivity index (χ1) is 12.9. The number of amides is 1. The van der Waals surface area contributed by atoms with Crippen LogP contribution in [0.15, 0.2) is 41.4 Å². The Labute approximate surface area is 157 Å². The van der Waals surface area contributed by atoms with E-state index in [9.17, 15) is 18.4 Å². The largest absolute Gasteiger partial charge is 0.468 e. The Morgan fingerprint density at radius 1 is 1.19 bits per heavy atom. The number of hydrogen-bond donors (Lipinski definition) is 0. The third kappa shape index (κ3) is 4.28. The molecule has 3 rings (SSSR count). The number of methoxy groups -OCH3 is 1. The van der Waals surface area contributed by atoms with E-state index in [2.05, 4.69) is 9.73 Å². The van der Waals surface area contributed by atoms with E-state index < -0.39 is 23.5 Å². The highest BCUT2D eigenvalue weighted by molar-refractivity contribution is 7.16. The molecule has 0 atom stereocenters. The minimum absolute atomic E-state index is 0.00804. The summed E-state index contributed by atoms with van der Waals surface area (Å²) in [4.78, 5) is 28.2. The van der Waals surface area contributed by atoms with Gasteiger partial charge in [0.2, 0.25) is 0 Å². The molecule has 0 N–H and O–H groups in total. The summed E-state index contributed by atoms with van der Waals surface area (Å²) in [5, 5.41) is 0. The van der Waals surface area contributed by atoms with Crippen molar-refractivity contribution in [3.63, 3.8) is 0 Å². The summed E-state index contributed by atoms with van der Waals surface area (Å²) in [5.74, 6) is -2.67. The van der Waals surface area contributed by atoms with Crippen LogP contribution in [0, 0.1) is 18.6 Å². The number of carbonyl (C=O) groups excluding carboxylic acids is 2. The summed E-state index contributed by atoms with van der Waals surface area (Å²) in [5.41, 5.74) is 1.86. The molecule has 1 amide bonds. The predicted octanol–water partition coefficient (Wildman–Crippen LogP) is 3.13. The number of nitrogens with zero attached hydrogens (tertiary/aromatic N) is 2. The molecule has 0 aliphatic heterocycles. The first-order valence-electron chi connectivity index (χ1n) is 8.05. The topological polar surface area (TPSA) is 60.7 Å². The van der Waals surface area contributed by atoms with Crippen LogP contribution in [-0.2, 0) is 27.3 Å². The number of aromatic nitrogens is 1. The zero-order chi connectivity index (χ0) is 19.6. The molecular weight excluding hydrogens is 374 g/mol. The van der Waals surface area contributed by atoms with Gasteiger partial charge < -0.3 is 9.30 Å². The van der Waals surface area contributed by atoms with Crippen LogP contribution in [0.4, 0.5) is 8.78 Å². The van der Waals surface area contributed by atoms with Crippen molar-refractivity contribution < 1.29 is 23.1 Å². The van der Waals surface area contributed by atoms with Crippen LogP contribution in [-0.4, -0.2) is 23.6 Å². The summed E-state index contributed by atoms with van der Waals surface area (Å²) in [6.45, 7) is 1.60. The van der Waals surface area contributed by atoms with Crippen molar-refractivity contribution in [1.29, 1.82) is 0 Å². The monoisotopic (exact) mass is 390 g/mol. The molecule has 2 aromatic carbocycles. The van der Waals surface area contributed by atoms with Crippen LogP contribution in [0.1, 0.15) is 11.1 Å². The van der Waals surface area contributed by atoms with Gasteiger partial charge in [-0.05, 0) is 18.6 Å². The van der Waals surface area contributed by atoms with E-state index in [-0.39, 0.29) is 28.0 Å². The second kappa shape index (κ2) is 7.79. The summed E-state index contributed by atoms with van der Waals surface area (Å²) < 4.78 is 33.9. The Morgan fingerprint density at radius 2 is 1.89 bits per heavy atom. The molecule has 27 heavy (non-hydrogen) atoms. The van der Waals surface area contributed by atoms with Crippen LogP contribution in [0.5, 0.6) is 0 Å². The summed E-state index contributed by atoms with van der Waals surface area (Å²) in [6, 6.07) is 9.28. The van der Waals surface area contributed by atoms with Gasteiger partial charge in [-0.15, -0.1) is 0 Å². The zero-order valence-electron chi connectivity index (χ0n) is 14.7. The van der Waals surface area contributed by atoms with Crippen LogP contribution in [0.2, 0.25) is 0 Å². The Bertz CT molecular complexity index is 1080. The van der Waals surface area contributed by atoms with Gasteiger partial charge in [-0.1, -0.05) is 41.2 Å². The highest BCUT2D eigenvalue weighted by Crippen LogP contribution is 2.22. The van der Waals surface area contributed by atoms with Crippen LogP contribution in [0.3, 0.4) is 0 Å². The van der Waals surface area contributed by atoms with Gasteiger partial charge in [-0.2, -0.15) is 4.99 Å². The second-order valence-corrected chi connectivity index (χ2v) is 6.96. The molecule has 0 radical (unpaired) electrons. The summed E-state index contributed by atoms with van der Waals surface area (Å²) in [7, 11) is 1.20. The Kier molecular flexibility index (Phi) is 5.46. The fraction of sp³-hybridized carbons (Fsp3) is 0.211. The average Bonchev–Trinajstić information content (AvgIpc) is 2.93. The third-order valence-electron chi connectivity index (χ3n) is 3.91. The van der Waals surface area contributed by atoms with E-state index in [4.69, 9.17) is 0 Å². The lowest BCUT2D eigenvalue weighted by atomic mass is 10.1. The van der Waals surface area contributed by atoms with Crippen molar-refractivity contribution in [2.24, 2.45) is 4.99 Å². The molecule has 0 bridgehead atoms. The fourth-order valence-electron chi connectivity index (χ4n) is 2.58. The van der Waals surface area contributed by atoms with Crippen molar-refractivity contribution in [1.82, 2.24) is 4.57 Å². The number of fused-ring (bicyclic) bond motifs is 1. The molecule has 0 aliphatic carbocycles. The molecule has 3 aromatic rings. The maximum atomic E-state index is 14.3. The third-order valence-corrected chi connectivity index (χ3v) is 4.93. The minimum Gasteiger partial charge on any atom is -0.468 e. The number of thiazole rings is 1. The first kappa shape index (κ1) is 18.9. The average molecular weight is 390 g/mol. The van der Waals surface area contributed by atoms with E-state index in [0.717, 1.165) is 34.6 Å². The van der Waals surface area contributed by atoms with Gasteiger partial charge >= 0.3 is 5.97 Å². The van der Waals surface area contributed by atoms with E-state index in [0.29, 0.717) is 0 Å². The minimum atomic E-state index is -0.836. The van der Waals surface area contributed by atoms with Crippen molar-refractivity contribution in [3.8, 4) is 0 Å². The van der Waals surface area contributed by atoms with E-state index in [1.807, 2.05) is 31.2 Å². The molecule has 0 unspecified atom stereocenters. The lowest BCUT2D eigenvalue weighted by Gasteiger charge is -2.04. The Hall–Kier alpha value is -2.87. The number of esters is 1. The number of carbonyl (C=O) groups is 2. The molecule has 0 saturated heterocycles. The number of ether oxygens (including phenoxy) is 1. The molecule has 1 heterocycles. The predicted molar refractivity (Wildman–Crippen MR) is 97.2 cm³/mol. The molecule has 8 heteroatoms. The number of benzene rings is 2. The normalized spacial score (nSPS) is 11.8. The second-order valence-electron chi connectivity index (χ2n) is 5.95. The Balaban J connectivity index is 2.05. The van der Waals surface area contributed by atoms with Crippen molar-refractivity contribution >= 4 is 33.4 Å². The summed E-state index contributed by atoms with van der Waals surface area (Å²) >= 11 is 0.934. The van der Waals surface area contributed by atoms with Gasteiger partial charge in [0, 0.05) is 6.07 Å². The van der Waals surface area contributed by atoms with Crippen molar-refractivity contribution in [2.45, 2.75) is 19.9 Å². The van der Waals surface area contributed by atoms with Crippen LogP contribution in [0.25, 0.3) is 10.2 Å². The lowest BCUT2D eigenvalue weighted by Crippen LogP contribution is -2.23.